The fourth-order valence-corrected chi connectivity index (χ4v) is 10.7. The minimum absolute atomic E-state index is 0. The molecule has 0 unspecified atom stereocenters. The van der Waals surface area contributed by atoms with E-state index in [0.717, 1.165) is 59.7 Å². The first-order chi connectivity index (χ1) is 31.7. The number of nitrogens with one attached hydrogen (secondary N) is 1. The van der Waals surface area contributed by atoms with E-state index in [9.17, 15) is 44.7 Å². The van der Waals surface area contributed by atoms with Crippen molar-refractivity contribution >= 4 is 71.0 Å². The number of anilines is 2. The Kier molecular flexibility index (Phi) is 23.1. The molecule has 2 saturated carbocycles. The number of fused-ring (bicyclic) bond motifs is 2. The van der Waals surface area contributed by atoms with E-state index in [1.807, 2.05) is 60.7 Å². The number of allylic oxidation sites excluding steroid dienone is 2. The van der Waals surface area contributed by atoms with Crippen molar-refractivity contribution in [2.24, 2.45) is 17.6 Å². The van der Waals surface area contributed by atoms with Crippen LogP contribution in [0.25, 0.3) is 0 Å². The highest BCUT2D eigenvalue weighted by Crippen LogP contribution is 2.35. The second-order valence-corrected chi connectivity index (χ2v) is 19.4. The number of likely N-dealkylation sites (N-methyl/N-ethyl adjacent to an activating group) is 2. The topological polar surface area (TPSA) is 242 Å². The van der Waals surface area contributed by atoms with Crippen LogP contribution in [0.3, 0.4) is 0 Å². The van der Waals surface area contributed by atoms with Crippen LogP contribution >= 0.6 is 35.9 Å². The van der Waals surface area contributed by atoms with Crippen LogP contribution in [0.1, 0.15) is 64.2 Å². The Morgan fingerprint density at radius 2 is 1.28 bits per heavy atom. The van der Waals surface area contributed by atoms with Crippen LogP contribution < -0.4 is 20.9 Å². The van der Waals surface area contributed by atoms with Gasteiger partial charge in [-0.05, 0) is 61.8 Å². The molecular formula is C48H69ClN4O12S2. The van der Waals surface area contributed by atoms with Crippen LogP contribution in [0.5, 0.6) is 0 Å². The molecule has 3 aliphatic heterocycles. The van der Waals surface area contributed by atoms with Crippen LogP contribution in [-0.2, 0) is 33.4 Å². The Hall–Kier alpha value is -3.53. The highest BCUT2D eigenvalue weighted by molar-refractivity contribution is 7.99. The van der Waals surface area contributed by atoms with Gasteiger partial charge in [0, 0.05) is 49.6 Å². The summed E-state index contributed by atoms with van der Waals surface area (Å²) in [4.78, 5) is 54.0. The van der Waals surface area contributed by atoms with Gasteiger partial charge in [0.05, 0.1) is 17.4 Å². The molecule has 2 aliphatic carbocycles. The molecule has 0 radical (unpaired) electrons. The van der Waals surface area contributed by atoms with Crippen LogP contribution in [0, 0.1) is 11.8 Å². The maximum absolute atomic E-state index is 12.9. The first-order valence-corrected chi connectivity index (χ1v) is 24.7. The van der Waals surface area contributed by atoms with Crippen LogP contribution in [0.4, 0.5) is 11.4 Å². The zero-order valence-corrected chi connectivity index (χ0v) is 41.1. The molecular weight excluding hydrogens is 924 g/mol. The smallest absolute Gasteiger partial charge is 0.338 e. The number of amides is 3. The Labute approximate surface area is 408 Å². The quantitative estimate of drug-likeness (QED) is 0.118. The molecule has 67 heavy (non-hydrogen) atoms. The number of carbonyl (C=O) groups excluding carboxylic acids is 4. The Balaban J connectivity index is 0.000000242. The van der Waals surface area contributed by atoms with Gasteiger partial charge < -0.3 is 60.6 Å². The fourth-order valence-electron chi connectivity index (χ4n) is 8.58. The predicted octanol–water partition coefficient (Wildman–Crippen LogP) is 3.76. The normalized spacial score (nSPS) is 25.9. The molecule has 2 aromatic rings. The summed E-state index contributed by atoms with van der Waals surface area (Å²) < 4.78 is 15.0. The van der Waals surface area contributed by atoms with Crippen molar-refractivity contribution in [3.05, 3.63) is 72.8 Å². The molecule has 0 bridgehead atoms. The van der Waals surface area contributed by atoms with Crippen LogP contribution in [0.2, 0.25) is 0 Å². The van der Waals surface area contributed by atoms with Gasteiger partial charge in [-0.1, -0.05) is 87.1 Å². The van der Waals surface area contributed by atoms with E-state index < -0.39 is 72.8 Å². The maximum atomic E-state index is 12.9. The number of thioether (sulfide) groups is 2. The average Bonchev–Trinajstić information content (AvgIpc) is 3.51. The van der Waals surface area contributed by atoms with Gasteiger partial charge in [-0.15, -0.1) is 35.9 Å². The number of para-hydroxylation sites is 2. The minimum atomic E-state index is -1.68. The molecule has 19 heteroatoms. The summed E-state index contributed by atoms with van der Waals surface area (Å²) in [5.41, 5.74) is 7.45. The Morgan fingerprint density at radius 1 is 0.776 bits per heavy atom. The van der Waals surface area contributed by atoms with Gasteiger partial charge in [-0.2, -0.15) is 0 Å². The summed E-state index contributed by atoms with van der Waals surface area (Å²) in [7, 11) is 5.98. The zero-order chi connectivity index (χ0) is 47.9. The average molecular weight is 994 g/mol. The van der Waals surface area contributed by atoms with Crippen molar-refractivity contribution in [2.75, 3.05) is 49.6 Å². The standard InChI is InChI=1S/C24H34N2O6S.C14H22O5.C10H12N2OS.ClH/c1-26-17-10-6-7-11-19(17)33-14-16(24(26)31)25-23(30)22(32-2)21(29)20(28)18(27)13-12-15-8-4-3-5-9-15;1-18-13-11(16)12(19-14(13)17)10(15)8-7-9-5-3-2-4-6-9;1-12-8-4-2-3-5-9(8)14-6-7(11)10(12)13;/h6-7,10-13,15-16,18,20-22,27-29H,3-5,8-9,14H2,1-2H3,(H,25,30);7-13,15-16H,2-6H2,1H3;2-5,7H,6,11H2,1H3;1H/b13-12+;8-7+;;/t16-,18+,20-,21+,22+;10-,11-,12+,13-;7-;/m010./s1. The summed E-state index contributed by atoms with van der Waals surface area (Å²) in [6.07, 6.45) is 8.39. The highest BCUT2D eigenvalue weighted by atomic mass is 35.5. The van der Waals surface area contributed by atoms with E-state index in [0.29, 0.717) is 23.3 Å². The number of nitrogens with two attached hydrogens (primary N) is 1. The fraction of sp³-hybridized carbons (Fsp3) is 0.583. The number of aliphatic hydroxyl groups is 5. The SMILES string of the molecule is CN1C(=O)[C@@H](N)CSc2ccccc21.CO[C@@H](C(=O)N[C@H]1CSc2ccccc2N(C)C1=O)[C@H](O)[C@@H](O)[C@H](O)/C=C/C1CCCCC1.CO[C@H]1C(=O)O[C@@H]([C@H](O)/C=C/C2CCCCC2)[C@H]1O.Cl. The summed E-state index contributed by atoms with van der Waals surface area (Å²) in [5, 5.41) is 53.8. The molecule has 8 N–H and O–H groups in total. The minimum Gasteiger partial charge on any atom is -0.454 e. The second-order valence-electron chi connectivity index (χ2n) is 17.3. The number of carbonyl (C=O) groups is 4. The summed E-state index contributed by atoms with van der Waals surface area (Å²) in [6.45, 7) is 0. The lowest BCUT2D eigenvalue weighted by molar-refractivity contribution is -0.151. The molecule has 7 rings (SSSR count). The third-order valence-electron chi connectivity index (χ3n) is 12.6. The van der Waals surface area contributed by atoms with Crippen molar-refractivity contribution < 1.29 is 58.9 Å². The van der Waals surface area contributed by atoms with Crippen LogP contribution in [-0.4, -0.2) is 150 Å². The molecule has 16 nitrogen and oxygen atoms in total. The number of benzene rings is 2. The van der Waals surface area contributed by atoms with Crippen LogP contribution in [0.15, 0.2) is 82.6 Å². The molecule has 5 aliphatic rings. The highest BCUT2D eigenvalue weighted by Gasteiger charge is 2.47. The van der Waals surface area contributed by atoms with Gasteiger partial charge in [0.2, 0.25) is 11.8 Å². The molecule has 2 aromatic carbocycles. The van der Waals surface area contributed by atoms with E-state index in [2.05, 4.69) is 5.32 Å². The number of methoxy groups -OCH3 is 2. The number of hydrogen-bond donors (Lipinski definition) is 7. The lowest BCUT2D eigenvalue weighted by Gasteiger charge is -2.29. The summed E-state index contributed by atoms with van der Waals surface area (Å²) in [6, 6.07) is 14.1. The molecule has 0 spiro atoms. The van der Waals surface area contributed by atoms with Gasteiger partial charge in [0.1, 0.15) is 36.6 Å². The lowest BCUT2D eigenvalue weighted by Crippen LogP contribution is -2.56. The van der Waals surface area contributed by atoms with E-state index in [4.69, 9.17) is 19.9 Å². The maximum Gasteiger partial charge on any atom is 0.338 e. The summed E-state index contributed by atoms with van der Waals surface area (Å²) in [5.74, 6) is 0.142. The molecule has 10 atom stereocenters. The van der Waals surface area contributed by atoms with Gasteiger partial charge in [-0.3, -0.25) is 14.4 Å². The van der Waals surface area contributed by atoms with Crippen molar-refractivity contribution in [3.8, 4) is 0 Å². The van der Waals surface area contributed by atoms with Gasteiger partial charge in [-0.25, -0.2) is 4.79 Å². The number of esters is 1. The first-order valence-electron chi connectivity index (χ1n) is 22.7. The molecule has 3 heterocycles. The monoisotopic (exact) mass is 992 g/mol. The van der Waals surface area contributed by atoms with Gasteiger partial charge in [0.25, 0.3) is 5.91 Å². The number of aliphatic hydroxyl groups excluding tert-OH is 5. The van der Waals surface area contributed by atoms with E-state index in [1.165, 1.54) is 62.6 Å². The number of cyclic esters (lactones) is 1. The predicted molar refractivity (Wildman–Crippen MR) is 261 cm³/mol. The third kappa shape index (κ3) is 15.2. The van der Waals surface area contributed by atoms with Crippen molar-refractivity contribution in [2.45, 2.75) is 135 Å². The summed E-state index contributed by atoms with van der Waals surface area (Å²) >= 11 is 3.08. The van der Waals surface area contributed by atoms with Crippen molar-refractivity contribution in [1.29, 1.82) is 0 Å². The van der Waals surface area contributed by atoms with Crippen molar-refractivity contribution in [3.63, 3.8) is 0 Å². The first kappa shape index (κ1) is 56.1. The lowest BCUT2D eigenvalue weighted by atomic mass is 9.88. The molecule has 0 aromatic heterocycles. The van der Waals surface area contributed by atoms with E-state index >= 15 is 0 Å². The Morgan fingerprint density at radius 3 is 1.81 bits per heavy atom. The number of rotatable bonds is 12. The second kappa shape index (κ2) is 27.6. The zero-order valence-electron chi connectivity index (χ0n) is 38.6. The van der Waals surface area contributed by atoms with E-state index in [-0.39, 0.29) is 24.2 Å². The largest absolute Gasteiger partial charge is 0.454 e. The van der Waals surface area contributed by atoms with Crippen molar-refractivity contribution in [1.82, 2.24) is 5.32 Å². The number of hydrogen-bond acceptors (Lipinski definition) is 15. The van der Waals surface area contributed by atoms with Gasteiger partial charge in [0.15, 0.2) is 18.3 Å². The molecule has 3 amide bonds. The number of ether oxygens (including phenoxy) is 3. The molecule has 372 valence electrons. The number of nitrogens with zero attached hydrogens (tertiary/aromatic N) is 2. The number of halogens is 1. The molecule has 1 saturated heterocycles. The van der Waals surface area contributed by atoms with E-state index in [1.54, 1.807) is 36.8 Å². The molecule has 3 fully saturated rings. The van der Waals surface area contributed by atoms with Gasteiger partial charge >= 0.3 is 5.97 Å². The third-order valence-corrected chi connectivity index (χ3v) is 14.9. The Bertz CT molecular complexity index is 1970.